The third kappa shape index (κ3) is 4.73. The molecule has 0 fully saturated rings. The molecule has 0 atom stereocenters. The van der Waals surface area contributed by atoms with Gasteiger partial charge in [0.25, 0.3) is 0 Å². The maximum Gasteiger partial charge on any atom is 0.0252 e. The van der Waals surface area contributed by atoms with Crippen LogP contribution in [0.25, 0.3) is 0 Å². The Labute approximate surface area is 77.3 Å². The lowest BCUT2D eigenvalue weighted by Gasteiger charge is -2.32. The summed E-state index contributed by atoms with van der Waals surface area (Å²) in [5.74, 6) is 0. The standard InChI is InChI=1S/C10H24N2/c1-6-11-10(4,5)9-12(7-2)8-3/h11H,6-9H2,1-5H3. The summed E-state index contributed by atoms with van der Waals surface area (Å²) in [6, 6.07) is 0. The van der Waals surface area contributed by atoms with Gasteiger partial charge in [-0.3, -0.25) is 0 Å². The Morgan fingerprint density at radius 3 is 1.92 bits per heavy atom. The van der Waals surface area contributed by atoms with Gasteiger partial charge in [-0.25, -0.2) is 0 Å². The molecule has 0 aromatic heterocycles. The van der Waals surface area contributed by atoms with E-state index >= 15 is 0 Å². The number of rotatable bonds is 6. The molecule has 0 spiro atoms. The number of hydrogen-bond acceptors (Lipinski definition) is 2. The Balaban J connectivity index is 3.84. The SMILES string of the molecule is CCNC(C)(C)CN(CC)CC. The van der Waals surface area contributed by atoms with Gasteiger partial charge in [0.2, 0.25) is 0 Å². The highest BCUT2D eigenvalue weighted by atomic mass is 15.2. The zero-order chi connectivity index (χ0) is 9.61. The van der Waals surface area contributed by atoms with Crippen LogP contribution in [0.1, 0.15) is 34.6 Å². The Bertz CT molecular complexity index is 106. The van der Waals surface area contributed by atoms with Crippen molar-refractivity contribution in [3.8, 4) is 0 Å². The molecule has 0 radical (unpaired) electrons. The quantitative estimate of drug-likeness (QED) is 0.656. The first-order valence-corrected chi connectivity index (χ1v) is 5.03. The van der Waals surface area contributed by atoms with Crippen molar-refractivity contribution in [2.45, 2.75) is 40.2 Å². The van der Waals surface area contributed by atoms with Gasteiger partial charge in [0.05, 0.1) is 0 Å². The minimum absolute atomic E-state index is 0.251. The Hall–Kier alpha value is -0.0800. The smallest absolute Gasteiger partial charge is 0.0252 e. The van der Waals surface area contributed by atoms with Gasteiger partial charge in [-0.15, -0.1) is 0 Å². The number of likely N-dealkylation sites (N-methyl/N-ethyl adjacent to an activating group) is 2. The second kappa shape index (κ2) is 5.55. The van der Waals surface area contributed by atoms with Gasteiger partial charge >= 0.3 is 0 Å². The molecule has 1 N–H and O–H groups in total. The minimum Gasteiger partial charge on any atom is -0.311 e. The van der Waals surface area contributed by atoms with Crippen LogP contribution in [0.2, 0.25) is 0 Å². The van der Waals surface area contributed by atoms with Crippen molar-refractivity contribution in [2.75, 3.05) is 26.2 Å². The number of nitrogens with one attached hydrogen (secondary N) is 1. The Kier molecular flexibility index (Phi) is 5.51. The zero-order valence-electron chi connectivity index (χ0n) is 9.28. The summed E-state index contributed by atoms with van der Waals surface area (Å²) in [5, 5.41) is 3.48. The Morgan fingerprint density at radius 1 is 1.08 bits per heavy atom. The third-order valence-electron chi connectivity index (χ3n) is 2.17. The largest absolute Gasteiger partial charge is 0.311 e. The molecule has 0 rings (SSSR count). The van der Waals surface area contributed by atoms with Crippen molar-refractivity contribution < 1.29 is 0 Å². The van der Waals surface area contributed by atoms with E-state index < -0.39 is 0 Å². The van der Waals surface area contributed by atoms with Crippen LogP contribution in [-0.4, -0.2) is 36.6 Å². The molecule has 74 valence electrons. The molecule has 0 aliphatic heterocycles. The molecule has 2 nitrogen and oxygen atoms in total. The highest BCUT2D eigenvalue weighted by Gasteiger charge is 2.18. The molecule has 0 saturated carbocycles. The monoisotopic (exact) mass is 172 g/mol. The van der Waals surface area contributed by atoms with E-state index in [1.54, 1.807) is 0 Å². The fraction of sp³-hybridized carbons (Fsp3) is 1.00. The van der Waals surface area contributed by atoms with Gasteiger partial charge in [-0.1, -0.05) is 20.8 Å². The lowest BCUT2D eigenvalue weighted by atomic mass is 10.1. The number of hydrogen-bond donors (Lipinski definition) is 1. The van der Waals surface area contributed by atoms with Gasteiger partial charge in [0, 0.05) is 12.1 Å². The molecule has 0 amide bonds. The fourth-order valence-corrected chi connectivity index (χ4v) is 1.54. The molecule has 0 aliphatic rings. The zero-order valence-corrected chi connectivity index (χ0v) is 9.28. The molecule has 0 aliphatic carbocycles. The Morgan fingerprint density at radius 2 is 1.58 bits per heavy atom. The van der Waals surface area contributed by atoms with E-state index in [1.807, 2.05) is 0 Å². The van der Waals surface area contributed by atoms with Crippen LogP contribution in [0.4, 0.5) is 0 Å². The van der Waals surface area contributed by atoms with Crippen LogP contribution in [0.3, 0.4) is 0 Å². The van der Waals surface area contributed by atoms with Crippen LogP contribution >= 0.6 is 0 Å². The molecule has 0 heterocycles. The summed E-state index contributed by atoms with van der Waals surface area (Å²) in [5.41, 5.74) is 0.251. The van der Waals surface area contributed by atoms with Gasteiger partial charge in [0.15, 0.2) is 0 Å². The van der Waals surface area contributed by atoms with Crippen molar-refractivity contribution in [1.29, 1.82) is 0 Å². The van der Waals surface area contributed by atoms with E-state index in [1.165, 1.54) is 0 Å². The van der Waals surface area contributed by atoms with Crippen LogP contribution in [-0.2, 0) is 0 Å². The first kappa shape index (κ1) is 11.9. The van der Waals surface area contributed by atoms with Crippen LogP contribution < -0.4 is 5.32 Å². The van der Waals surface area contributed by atoms with Crippen molar-refractivity contribution in [3.05, 3.63) is 0 Å². The first-order chi connectivity index (χ1) is 5.55. The molecule has 12 heavy (non-hydrogen) atoms. The van der Waals surface area contributed by atoms with E-state index in [2.05, 4.69) is 44.8 Å². The average molecular weight is 172 g/mol. The minimum atomic E-state index is 0.251. The second-order valence-electron chi connectivity index (χ2n) is 3.88. The molecule has 0 aromatic rings. The molecule has 0 unspecified atom stereocenters. The van der Waals surface area contributed by atoms with Gasteiger partial charge in [-0.05, 0) is 33.5 Å². The topological polar surface area (TPSA) is 15.3 Å². The van der Waals surface area contributed by atoms with Crippen molar-refractivity contribution in [3.63, 3.8) is 0 Å². The summed E-state index contributed by atoms with van der Waals surface area (Å²) in [4.78, 5) is 2.45. The molecular weight excluding hydrogens is 148 g/mol. The second-order valence-corrected chi connectivity index (χ2v) is 3.88. The molecule has 2 heteroatoms. The molecule has 0 aromatic carbocycles. The van der Waals surface area contributed by atoms with Crippen LogP contribution in [0.15, 0.2) is 0 Å². The van der Waals surface area contributed by atoms with Crippen molar-refractivity contribution >= 4 is 0 Å². The maximum atomic E-state index is 3.48. The lowest BCUT2D eigenvalue weighted by Crippen LogP contribution is -2.48. The van der Waals surface area contributed by atoms with Crippen LogP contribution in [0.5, 0.6) is 0 Å². The first-order valence-electron chi connectivity index (χ1n) is 5.03. The van der Waals surface area contributed by atoms with Gasteiger partial charge in [0.1, 0.15) is 0 Å². The summed E-state index contributed by atoms with van der Waals surface area (Å²) in [6.45, 7) is 15.6. The normalized spacial score (nSPS) is 12.5. The maximum absolute atomic E-state index is 3.48. The lowest BCUT2D eigenvalue weighted by molar-refractivity contribution is 0.219. The number of nitrogens with zero attached hydrogens (tertiary/aromatic N) is 1. The highest BCUT2D eigenvalue weighted by molar-refractivity contribution is 4.80. The van der Waals surface area contributed by atoms with E-state index in [4.69, 9.17) is 0 Å². The van der Waals surface area contributed by atoms with E-state index in [0.717, 1.165) is 26.2 Å². The predicted octanol–water partition coefficient (Wildman–Crippen LogP) is 1.72. The van der Waals surface area contributed by atoms with Crippen molar-refractivity contribution in [1.82, 2.24) is 10.2 Å². The summed E-state index contributed by atoms with van der Waals surface area (Å²) in [6.07, 6.45) is 0. The summed E-state index contributed by atoms with van der Waals surface area (Å²) >= 11 is 0. The fourth-order valence-electron chi connectivity index (χ4n) is 1.54. The van der Waals surface area contributed by atoms with E-state index in [9.17, 15) is 0 Å². The molecule has 0 bridgehead atoms. The molecular formula is C10H24N2. The summed E-state index contributed by atoms with van der Waals surface area (Å²) in [7, 11) is 0. The summed E-state index contributed by atoms with van der Waals surface area (Å²) < 4.78 is 0. The third-order valence-corrected chi connectivity index (χ3v) is 2.17. The molecule has 0 saturated heterocycles. The van der Waals surface area contributed by atoms with Crippen LogP contribution in [0, 0.1) is 0 Å². The predicted molar refractivity (Wildman–Crippen MR) is 55.5 cm³/mol. The van der Waals surface area contributed by atoms with Gasteiger partial charge in [-0.2, -0.15) is 0 Å². The van der Waals surface area contributed by atoms with Gasteiger partial charge < -0.3 is 10.2 Å². The van der Waals surface area contributed by atoms with Crippen molar-refractivity contribution in [2.24, 2.45) is 0 Å². The highest BCUT2D eigenvalue weighted by Crippen LogP contribution is 2.04. The van der Waals surface area contributed by atoms with E-state index in [-0.39, 0.29) is 5.54 Å². The van der Waals surface area contributed by atoms with E-state index in [0.29, 0.717) is 0 Å². The average Bonchev–Trinajstić information content (AvgIpc) is 2.00.